The first kappa shape index (κ1) is 27.3. The average Bonchev–Trinajstić information content (AvgIpc) is 2.76. The normalized spacial score (nSPS) is 12.4. The number of hydrogen-bond acceptors (Lipinski definition) is 4. The van der Waals surface area contributed by atoms with E-state index < -0.39 is 7.82 Å². The second-order valence-corrected chi connectivity index (χ2v) is 9.27. The molecule has 1 atom stereocenters. The van der Waals surface area contributed by atoms with Crippen molar-refractivity contribution in [2.24, 2.45) is 0 Å². The monoisotopic (exact) mass is 493 g/mol. The molecule has 3 aromatic rings. The van der Waals surface area contributed by atoms with Crippen LogP contribution >= 0.6 is 19.4 Å². The van der Waals surface area contributed by atoms with Crippen LogP contribution in [-0.2, 0) is 4.57 Å². The second-order valence-electron chi connectivity index (χ2n) is 7.81. The third-order valence-electron chi connectivity index (χ3n) is 5.25. The van der Waals surface area contributed by atoms with Gasteiger partial charge in [-0.15, -0.1) is 0 Å². The molecule has 7 nitrogen and oxygen atoms in total. The lowest BCUT2D eigenvalue weighted by atomic mass is 10.1. The minimum atomic E-state index is -4.64. The van der Waals surface area contributed by atoms with E-state index in [9.17, 15) is 0 Å². The smallest absolute Gasteiger partial charge is 0.382 e. The first-order valence-corrected chi connectivity index (χ1v) is 13.0. The molecule has 0 aliphatic heterocycles. The van der Waals surface area contributed by atoms with Crippen molar-refractivity contribution < 1.29 is 19.2 Å². The Morgan fingerprint density at radius 1 is 1.06 bits per heavy atom. The molecule has 0 saturated heterocycles. The molecule has 0 saturated carbocycles. The summed E-state index contributed by atoms with van der Waals surface area (Å²) in [5, 5.41) is 5.54. The van der Waals surface area contributed by atoms with Gasteiger partial charge in [0.2, 0.25) is 0 Å². The van der Waals surface area contributed by atoms with Crippen LogP contribution in [0.3, 0.4) is 0 Å². The van der Waals surface area contributed by atoms with Crippen molar-refractivity contribution in [3.63, 3.8) is 0 Å². The molecule has 9 heteroatoms. The number of nitrogens with zero attached hydrogens (tertiary/aromatic N) is 2. The summed E-state index contributed by atoms with van der Waals surface area (Å²) in [5.41, 5.74) is 4.12. The Kier molecular flexibility index (Phi) is 10.8. The number of halogens is 1. The van der Waals surface area contributed by atoms with Crippen LogP contribution in [0.25, 0.3) is 22.2 Å². The number of phosphoric acid groups is 1. The number of anilines is 1. The van der Waals surface area contributed by atoms with E-state index in [1.165, 1.54) is 6.42 Å². The third kappa shape index (κ3) is 9.80. The van der Waals surface area contributed by atoms with E-state index in [1.807, 2.05) is 30.3 Å². The zero-order valence-electron chi connectivity index (χ0n) is 19.3. The highest BCUT2D eigenvalue weighted by molar-refractivity contribution is 7.45. The van der Waals surface area contributed by atoms with Gasteiger partial charge in [0.05, 0.1) is 11.2 Å². The minimum absolute atomic E-state index is 0.389. The predicted octanol–water partition coefficient (Wildman–Crippen LogP) is 5.55. The molecule has 1 heterocycles. The molecule has 3 rings (SSSR count). The molecule has 0 aliphatic carbocycles. The van der Waals surface area contributed by atoms with Gasteiger partial charge in [0, 0.05) is 27.7 Å². The first-order valence-electron chi connectivity index (χ1n) is 11.0. The first-order chi connectivity index (χ1) is 15.6. The lowest BCUT2D eigenvalue weighted by Gasteiger charge is -2.21. The van der Waals surface area contributed by atoms with Crippen molar-refractivity contribution in [2.45, 2.75) is 39.7 Å². The van der Waals surface area contributed by atoms with Gasteiger partial charge in [-0.25, -0.2) is 9.55 Å². The van der Waals surface area contributed by atoms with Crippen LogP contribution in [0.15, 0.2) is 54.6 Å². The van der Waals surface area contributed by atoms with E-state index in [-0.39, 0.29) is 0 Å². The summed E-state index contributed by atoms with van der Waals surface area (Å²) in [7, 11) is -4.64. The van der Waals surface area contributed by atoms with E-state index in [0.29, 0.717) is 11.1 Å². The Labute approximate surface area is 200 Å². The van der Waals surface area contributed by atoms with E-state index in [1.54, 1.807) is 0 Å². The van der Waals surface area contributed by atoms with Crippen LogP contribution in [-0.4, -0.2) is 50.2 Å². The van der Waals surface area contributed by atoms with Crippen LogP contribution in [0.2, 0.25) is 5.02 Å². The lowest BCUT2D eigenvalue weighted by Crippen LogP contribution is -2.25. The number of hydrogen-bond donors (Lipinski definition) is 4. The van der Waals surface area contributed by atoms with Crippen LogP contribution in [0, 0.1) is 0 Å². The molecule has 0 spiro atoms. The summed E-state index contributed by atoms with van der Waals surface area (Å²) in [6.45, 7) is 10.1. The van der Waals surface area contributed by atoms with Crippen molar-refractivity contribution >= 4 is 36.0 Å². The highest BCUT2D eigenvalue weighted by atomic mass is 35.5. The predicted molar refractivity (Wildman–Crippen MR) is 137 cm³/mol. The highest BCUT2D eigenvalue weighted by Gasteiger charge is 2.11. The van der Waals surface area contributed by atoms with Crippen LogP contribution < -0.4 is 5.32 Å². The highest BCUT2D eigenvalue weighted by Crippen LogP contribution is 2.30. The van der Waals surface area contributed by atoms with E-state index in [0.717, 1.165) is 53.9 Å². The molecule has 2 aromatic carbocycles. The zero-order chi connectivity index (χ0) is 24.4. The average molecular weight is 494 g/mol. The number of aromatic nitrogens is 1. The van der Waals surface area contributed by atoms with Crippen molar-refractivity contribution in [1.29, 1.82) is 0 Å². The maximum absolute atomic E-state index is 8.88. The summed E-state index contributed by atoms with van der Waals surface area (Å²) in [4.78, 5) is 28.9. The molecule has 180 valence electrons. The molecular weight excluding hydrogens is 461 g/mol. The van der Waals surface area contributed by atoms with Gasteiger partial charge >= 0.3 is 7.82 Å². The van der Waals surface area contributed by atoms with Gasteiger partial charge in [0.25, 0.3) is 0 Å². The molecule has 1 unspecified atom stereocenters. The minimum Gasteiger partial charge on any atom is -0.382 e. The molecular formula is C24H33ClN3O4P. The van der Waals surface area contributed by atoms with Crippen molar-refractivity contribution in [3.8, 4) is 11.3 Å². The lowest BCUT2D eigenvalue weighted by molar-refractivity contribution is 0.275. The van der Waals surface area contributed by atoms with Crippen LogP contribution in [0.1, 0.15) is 33.6 Å². The summed E-state index contributed by atoms with van der Waals surface area (Å²) < 4.78 is 8.88. The molecule has 0 radical (unpaired) electrons. The maximum atomic E-state index is 8.88. The fraction of sp³-hybridized carbons (Fsp3) is 0.375. The standard InChI is InChI=1S/C24H30ClN3.H3O4P/c1-4-28(5-2)15-9-10-18(3)26-24-17-22(19-11-7-6-8-12-19)27-23-16-20(25)13-14-21(23)24;1-5(2,3)4/h6-8,11-14,16-18H,4-5,9-10,15H2,1-3H3,(H,26,27);(H3,1,2,3,4). The van der Waals surface area contributed by atoms with Crippen LogP contribution in [0.5, 0.6) is 0 Å². The Morgan fingerprint density at radius 3 is 2.30 bits per heavy atom. The van der Waals surface area contributed by atoms with Gasteiger partial charge in [-0.05, 0) is 63.7 Å². The quantitative estimate of drug-likeness (QED) is 0.289. The van der Waals surface area contributed by atoms with E-state index in [2.05, 4.69) is 55.3 Å². The SMILES string of the molecule is CCN(CC)CCCC(C)Nc1cc(-c2ccccc2)nc2cc(Cl)ccc12.O=P(O)(O)O. The molecule has 4 N–H and O–H groups in total. The molecule has 0 bridgehead atoms. The Hall–Kier alpha value is -1.99. The molecule has 0 amide bonds. The molecule has 1 aromatic heterocycles. The van der Waals surface area contributed by atoms with E-state index >= 15 is 0 Å². The van der Waals surface area contributed by atoms with Crippen molar-refractivity contribution in [2.75, 3.05) is 25.0 Å². The molecule has 0 fully saturated rings. The topological polar surface area (TPSA) is 106 Å². The fourth-order valence-electron chi connectivity index (χ4n) is 3.58. The fourth-order valence-corrected chi connectivity index (χ4v) is 3.74. The summed E-state index contributed by atoms with van der Waals surface area (Å²) in [5.74, 6) is 0. The number of pyridine rings is 1. The molecule has 33 heavy (non-hydrogen) atoms. The largest absolute Gasteiger partial charge is 0.466 e. The summed E-state index contributed by atoms with van der Waals surface area (Å²) in [6.07, 6.45) is 2.32. The van der Waals surface area contributed by atoms with Gasteiger partial charge < -0.3 is 24.9 Å². The number of nitrogens with one attached hydrogen (secondary N) is 1. The Bertz CT molecular complexity index is 1050. The van der Waals surface area contributed by atoms with Gasteiger partial charge in [-0.2, -0.15) is 0 Å². The second kappa shape index (κ2) is 13.0. The maximum Gasteiger partial charge on any atom is 0.466 e. The van der Waals surface area contributed by atoms with Crippen molar-refractivity contribution in [3.05, 3.63) is 59.6 Å². The van der Waals surface area contributed by atoms with Gasteiger partial charge in [0.15, 0.2) is 0 Å². The van der Waals surface area contributed by atoms with E-state index in [4.69, 9.17) is 35.8 Å². The molecule has 0 aliphatic rings. The van der Waals surface area contributed by atoms with Crippen molar-refractivity contribution in [1.82, 2.24) is 9.88 Å². The number of rotatable bonds is 9. The third-order valence-corrected chi connectivity index (χ3v) is 5.48. The zero-order valence-corrected chi connectivity index (χ0v) is 20.9. The Balaban J connectivity index is 0.000000696. The summed E-state index contributed by atoms with van der Waals surface area (Å²) in [6, 6.07) is 18.8. The van der Waals surface area contributed by atoms with Crippen LogP contribution in [0.4, 0.5) is 5.69 Å². The Morgan fingerprint density at radius 2 is 1.70 bits per heavy atom. The summed E-state index contributed by atoms with van der Waals surface area (Å²) >= 11 is 6.24. The van der Waals surface area contributed by atoms with Gasteiger partial charge in [-0.3, -0.25) is 0 Å². The number of benzene rings is 2. The number of fused-ring (bicyclic) bond motifs is 1. The van der Waals surface area contributed by atoms with Gasteiger partial charge in [-0.1, -0.05) is 55.8 Å². The van der Waals surface area contributed by atoms with Gasteiger partial charge in [0.1, 0.15) is 0 Å².